The van der Waals surface area contributed by atoms with Gasteiger partial charge in [0.1, 0.15) is 5.75 Å². The normalized spacial score (nSPS) is 11.0. The van der Waals surface area contributed by atoms with Gasteiger partial charge >= 0.3 is 0 Å². The summed E-state index contributed by atoms with van der Waals surface area (Å²) in [4.78, 5) is 3.29. The third-order valence-electron chi connectivity index (χ3n) is 4.79. The quantitative estimate of drug-likeness (QED) is 0.520. The molecule has 0 spiro atoms. The Kier molecular flexibility index (Phi) is 4.17. The van der Waals surface area contributed by atoms with Crippen molar-refractivity contribution in [1.82, 2.24) is 4.98 Å². The minimum Gasteiger partial charge on any atom is -0.497 e. The number of benzene rings is 3. The van der Waals surface area contributed by atoms with E-state index >= 15 is 0 Å². The summed E-state index contributed by atoms with van der Waals surface area (Å²) in [6.07, 6.45) is 2.79. The van der Waals surface area contributed by atoms with Gasteiger partial charge in [0.25, 0.3) is 0 Å². The zero-order chi connectivity index (χ0) is 18.1. The van der Waals surface area contributed by atoms with E-state index in [1.54, 1.807) is 21.3 Å². The Bertz CT molecular complexity index is 1070. The van der Waals surface area contributed by atoms with Crippen molar-refractivity contribution in [3.8, 4) is 17.2 Å². The van der Waals surface area contributed by atoms with Crippen molar-refractivity contribution in [3.63, 3.8) is 0 Å². The highest BCUT2D eigenvalue weighted by atomic mass is 16.5. The molecule has 0 saturated heterocycles. The summed E-state index contributed by atoms with van der Waals surface area (Å²) in [7, 11) is 5.01. The van der Waals surface area contributed by atoms with Gasteiger partial charge in [-0.05, 0) is 69.6 Å². The second kappa shape index (κ2) is 6.64. The molecule has 4 rings (SSSR count). The minimum absolute atomic E-state index is 0.723. The molecule has 0 aliphatic rings. The number of rotatable bonds is 5. The summed E-state index contributed by atoms with van der Waals surface area (Å²) in [5.74, 6) is 2.29. The van der Waals surface area contributed by atoms with Gasteiger partial charge in [0, 0.05) is 18.3 Å². The van der Waals surface area contributed by atoms with Crippen LogP contribution in [0, 0.1) is 0 Å². The van der Waals surface area contributed by atoms with Crippen LogP contribution in [0.4, 0.5) is 0 Å². The zero-order valence-electron chi connectivity index (χ0n) is 15.1. The van der Waals surface area contributed by atoms with Crippen LogP contribution in [0.25, 0.3) is 21.5 Å². The molecule has 3 aromatic carbocycles. The minimum atomic E-state index is 0.723. The lowest BCUT2D eigenvalue weighted by Crippen LogP contribution is -1.95. The van der Waals surface area contributed by atoms with Gasteiger partial charge < -0.3 is 19.2 Å². The topological polar surface area (TPSA) is 43.5 Å². The molecule has 132 valence electrons. The number of aromatic amines is 1. The molecule has 0 amide bonds. The van der Waals surface area contributed by atoms with Gasteiger partial charge in [-0.15, -0.1) is 0 Å². The molecule has 1 aromatic heterocycles. The van der Waals surface area contributed by atoms with E-state index in [1.165, 1.54) is 16.6 Å². The maximum Gasteiger partial charge on any atom is 0.161 e. The fourth-order valence-electron chi connectivity index (χ4n) is 3.49. The van der Waals surface area contributed by atoms with Crippen LogP contribution >= 0.6 is 0 Å². The van der Waals surface area contributed by atoms with E-state index in [2.05, 4.69) is 29.2 Å². The van der Waals surface area contributed by atoms with Gasteiger partial charge in [-0.2, -0.15) is 0 Å². The van der Waals surface area contributed by atoms with E-state index < -0.39 is 0 Å². The standard InChI is InChI=1S/C22H21NO3/c1-24-17-6-7-18-14(10-16-5-4-8-23-16)9-15-11-21(25-2)22(26-3)13-19(15)20(18)12-17/h4-9,11-13,23H,10H2,1-3H3. The van der Waals surface area contributed by atoms with E-state index in [0.29, 0.717) is 0 Å². The Labute approximate surface area is 152 Å². The number of fused-ring (bicyclic) bond motifs is 3. The molecule has 0 saturated carbocycles. The smallest absolute Gasteiger partial charge is 0.161 e. The number of hydrogen-bond donors (Lipinski definition) is 1. The summed E-state index contributed by atoms with van der Waals surface area (Å²) < 4.78 is 16.5. The second-order valence-electron chi connectivity index (χ2n) is 6.25. The van der Waals surface area contributed by atoms with Gasteiger partial charge in [-0.25, -0.2) is 0 Å². The molecule has 26 heavy (non-hydrogen) atoms. The first-order chi connectivity index (χ1) is 12.7. The number of ether oxygens (including phenoxy) is 3. The molecule has 0 atom stereocenters. The fraction of sp³-hybridized carbons (Fsp3) is 0.182. The van der Waals surface area contributed by atoms with Gasteiger partial charge in [0.2, 0.25) is 0 Å². The third-order valence-corrected chi connectivity index (χ3v) is 4.79. The predicted octanol–water partition coefficient (Wildman–Crippen LogP) is 4.94. The molecule has 0 aliphatic carbocycles. The Morgan fingerprint density at radius 2 is 1.58 bits per heavy atom. The van der Waals surface area contributed by atoms with Gasteiger partial charge in [-0.1, -0.05) is 6.07 Å². The van der Waals surface area contributed by atoms with Gasteiger partial charge in [0.15, 0.2) is 11.5 Å². The van der Waals surface area contributed by atoms with Gasteiger partial charge in [0.05, 0.1) is 21.3 Å². The summed E-state index contributed by atoms with van der Waals surface area (Å²) in [6, 6.07) is 16.6. The second-order valence-corrected chi connectivity index (χ2v) is 6.25. The largest absolute Gasteiger partial charge is 0.497 e. The maximum atomic E-state index is 5.50. The predicted molar refractivity (Wildman–Crippen MR) is 105 cm³/mol. The highest BCUT2D eigenvalue weighted by molar-refractivity contribution is 6.10. The fourth-order valence-corrected chi connectivity index (χ4v) is 3.49. The van der Waals surface area contributed by atoms with Crippen LogP contribution in [0.2, 0.25) is 0 Å². The molecular weight excluding hydrogens is 326 g/mol. The summed E-state index contributed by atoms with van der Waals surface area (Å²) in [6.45, 7) is 0. The Balaban J connectivity index is 2.03. The van der Waals surface area contributed by atoms with Crippen LogP contribution in [0.5, 0.6) is 17.2 Å². The molecule has 1 N–H and O–H groups in total. The lowest BCUT2D eigenvalue weighted by atomic mass is 9.94. The zero-order valence-corrected chi connectivity index (χ0v) is 15.1. The number of nitrogens with one attached hydrogen (secondary N) is 1. The molecule has 0 unspecified atom stereocenters. The summed E-state index contributed by atoms with van der Waals surface area (Å²) in [5, 5.41) is 4.58. The Morgan fingerprint density at radius 3 is 2.27 bits per heavy atom. The maximum absolute atomic E-state index is 5.50. The van der Waals surface area contributed by atoms with E-state index in [1.807, 2.05) is 30.5 Å². The van der Waals surface area contributed by atoms with Crippen molar-refractivity contribution in [2.24, 2.45) is 0 Å². The van der Waals surface area contributed by atoms with Crippen molar-refractivity contribution in [2.45, 2.75) is 6.42 Å². The number of H-pyrrole nitrogens is 1. The Hall–Kier alpha value is -3.14. The number of aromatic nitrogens is 1. The lowest BCUT2D eigenvalue weighted by molar-refractivity contribution is 0.356. The highest BCUT2D eigenvalue weighted by Crippen LogP contribution is 2.38. The van der Waals surface area contributed by atoms with E-state index in [4.69, 9.17) is 14.2 Å². The summed E-state index contributed by atoms with van der Waals surface area (Å²) in [5.41, 5.74) is 2.44. The average Bonchev–Trinajstić information content (AvgIpc) is 3.19. The summed E-state index contributed by atoms with van der Waals surface area (Å²) >= 11 is 0. The first kappa shape index (κ1) is 16.3. The van der Waals surface area contributed by atoms with Crippen LogP contribution in [0.15, 0.2) is 54.7 Å². The van der Waals surface area contributed by atoms with Crippen molar-refractivity contribution >= 4 is 21.5 Å². The van der Waals surface area contributed by atoms with Crippen molar-refractivity contribution in [1.29, 1.82) is 0 Å². The first-order valence-electron chi connectivity index (χ1n) is 8.51. The lowest BCUT2D eigenvalue weighted by Gasteiger charge is -2.14. The SMILES string of the molecule is COc1ccc2c(Cc3ccc[nH]3)cc3cc(OC)c(OC)cc3c2c1. The monoisotopic (exact) mass is 347 g/mol. The molecule has 4 aromatic rings. The molecule has 4 heteroatoms. The van der Waals surface area contributed by atoms with Crippen molar-refractivity contribution in [3.05, 3.63) is 66.0 Å². The molecule has 4 nitrogen and oxygen atoms in total. The number of methoxy groups -OCH3 is 3. The molecular formula is C22H21NO3. The molecule has 0 bridgehead atoms. The third kappa shape index (κ3) is 2.73. The average molecular weight is 347 g/mol. The number of hydrogen-bond acceptors (Lipinski definition) is 3. The molecule has 1 heterocycles. The Morgan fingerprint density at radius 1 is 0.769 bits per heavy atom. The first-order valence-corrected chi connectivity index (χ1v) is 8.51. The molecule has 0 fully saturated rings. The van der Waals surface area contributed by atoms with Crippen LogP contribution in [-0.4, -0.2) is 26.3 Å². The van der Waals surface area contributed by atoms with Crippen LogP contribution < -0.4 is 14.2 Å². The van der Waals surface area contributed by atoms with Gasteiger partial charge in [-0.3, -0.25) is 0 Å². The molecule has 0 aliphatic heterocycles. The van der Waals surface area contributed by atoms with Crippen LogP contribution in [0.3, 0.4) is 0 Å². The van der Waals surface area contributed by atoms with E-state index in [9.17, 15) is 0 Å². The van der Waals surface area contributed by atoms with Crippen LogP contribution in [0.1, 0.15) is 11.3 Å². The van der Waals surface area contributed by atoms with Crippen molar-refractivity contribution < 1.29 is 14.2 Å². The van der Waals surface area contributed by atoms with E-state index in [0.717, 1.165) is 39.8 Å². The molecule has 0 radical (unpaired) electrons. The van der Waals surface area contributed by atoms with E-state index in [-0.39, 0.29) is 0 Å². The highest BCUT2D eigenvalue weighted by Gasteiger charge is 2.13. The van der Waals surface area contributed by atoms with Crippen molar-refractivity contribution in [2.75, 3.05) is 21.3 Å². The van der Waals surface area contributed by atoms with Crippen LogP contribution in [-0.2, 0) is 6.42 Å².